The zero-order chi connectivity index (χ0) is 20.6. The standard InChI is InChI=1S/C25H26N2O2S/c28-25(22(21-10-5-2-6-11-21)18-20-8-3-1-4-9-20)26-19-23(24-12-7-17-30-24)27-13-15-29-16-14-27/h1-12,17-18,23H,13-16,19H2,(H,26,28). The summed E-state index contributed by atoms with van der Waals surface area (Å²) in [5, 5.41) is 5.30. The fourth-order valence-electron chi connectivity index (χ4n) is 3.68. The summed E-state index contributed by atoms with van der Waals surface area (Å²) >= 11 is 1.74. The normalized spacial score (nSPS) is 16.2. The third kappa shape index (κ3) is 5.25. The number of thiophene rings is 1. The maximum Gasteiger partial charge on any atom is 0.251 e. The van der Waals surface area contributed by atoms with Crippen LogP contribution in [0.3, 0.4) is 0 Å². The first-order valence-corrected chi connectivity index (χ1v) is 11.1. The summed E-state index contributed by atoms with van der Waals surface area (Å²) in [4.78, 5) is 17.0. The Hall–Kier alpha value is -2.73. The highest BCUT2D eigenvalue weighted by Gasteiger charge is 2.24. The molecule has 5 heteroatoms. The van der Waals surface area contributed by atoms with Crippen molar-refractivity contribution in [3.05, 3.63) is 94.2 Å². The number of carbonyl (C=O) groups is 1. The summed E-state index contributed by atoms with van der Waals surface area (Å²) in [7, 11) is 0. The molecule has 1 atom stereocenters. The minimum Gasteiger partial charge on any atom is -0.379 e. The first-order chi connectivity index (χ1) is 14.8. The van der Waals surface area contributed by atoms with Crippen molar-refractivity contribution < 1.29 is 9.53 Å². The molecule has 0 radical (unpaired) electrons. The molecule has 154 valence electrons. The van der Waals surface area contributed by atoms with Crippen molar-refractivity contribution in [2.45, 2.75) is 6.04 Å². The Morgan fingerprint density at radius 2 is 1.70 bits per heavy atom. The Morgan fingerprint density at radius 1 is 1.00 bits per heavy atom. The number of rotatable bonds is 7. The van der Waals surface area contributed by atoms with Gasteiger partial charge in [-0.15, -0.1) is 11.3 Å². The molecule has 1 aliphatic heterocycles. The van der Waals surface area contributed by atoms with Crippen LogP contribution in [0.2, 0.25) is 0 Å². The molecule has 1 fully saturated rings. The summed E-state index contributed by atoms with van der Waals surface area (Å²) in [6.45, 7) is 3.80. The second kappa shape index (κ2) is 10.3. The van der Waals surface area contributed by atoms with Crippen LogP contribution < -0.4 is 5.32 Å². The van der Waals surface area contributed by atoms with E-state index >= 15 is 0 Å². The SMILES string of the molecule is O=C(NCC(c1cccs1)N1CCOCC1)C(=Cc1ccccc1)c1ccccc1. The maximum absolute atomic E-state index is 13.3. The van der Waals surface area contributed by atoms with E-state index in [9.17, 15) is 4.79 Å². The van der Waals surface area contributed by atoms with E-state index in [0.29, 0.717) is 12.1 Å². The van der Waals surface area contributed by atoms with Crippen LogP contribution in [-0.4, -0.2) is 43.7 Å². The minimum atomic E-state index is -0.0557. The Morgan fingerprint density at radius 3 is 2.37 bits per heavy atom. The molecule has 2 heterocycles. The Labute approximate surface area is 181 Å². The number of nitrogens with zero attached hydrogens (tertiary/aromatic N) is 1. The molecule has 0 spiro atoms. The molecular weight excluding hydrogens is 392 g/mol. The van der Waals surface area contributed by atoms with E-state index in [4.69, 9.17) is 4.74 Å². The Bertz CT molecular complexity index is 949. The quantitative estimate of drug-likeness (QED) is 0.454. The van der Waals surface area contributed by atoms with Crippen molar-refractivity contribution in [2.24, 2.45) is 0 Å². The number of nitrogens with one attached hydrogen (secondary N) is 1. The van der Waals surface area contributed by atoms with Crippen molar-refractivity contribution in [1.82, 2.24) is 10.2 Å². The van der Waals surface area contributed by atoms with Gasteiger partial charge >= 0.3 is 0 Å². The molecule has 2 aromatic carbocycles. The van der Waals surface area contributed by atoms with Crippen LogP contribution in [0.25, 0.3) is 11.6 Å². The molecule has 0 saturated carbocycles. The van der Waals surface area contributed by atoms with Crippen molar-refractivity contribution in [2.75, 3.05) is 32.8 Å². The van der Waals surface area contributed by atoms with E-state index in [1.54, 1.807) is 11.3 Å². The summed E-state index contributed by atoms with van der Waals surface area (Å²) in [5.74, 6) is -0.0557. The van der Waals surface area contributed by atoms with Crippen LogP contribution in [0.1, 0.15) is 22.0 Å². The molecule has 30 heavy (non-hydrogen) atoms. The van der Waals surface area contributed by atoms with Gasteiger partial charge in [-0.3, -0.25) is 9.69 Å². The van der Waals surface area contributed by atoms with E-state index in [2.05, 4.69) is 27.7 Å². The van der Waals surface area contributed by atoms with Crippen molar-refractivity contribution in [1.29, 1.82) is 0 Å². The zero-order valence-corrected chi connectivity index (χ0v) is 17.7. The summed E-state index contributed by atoms with van der Waals surface area (Å²) < 4.78 is 5.52. The monoisotopic (exact) mass is 418 g/mol. The predicted octanol–water partition coefficient (Wildman–Crippen LogP) is 4.48. The van der Waals surface area contributed by atoms with Gasteiger partial charge in [0.1, 0.15) is 0 Å². The Kier molecular flexibility index (Phi) is 7.08. The number of hydrogen-bond acceptors (Lipinski definition) is 4. The highest BCUT2D eigenvalue weighted by atomic mass is 32.1. The van der Waals surface area contributed by atoms with Crippen LogP contribution in [0, 0.1) is 0 Å². The lowest BCUT2D eigenvalue weighted by atomic mass is 10.0. The minimum absolute atomic E-state index is 0.0557. The molecular formula is C25H26N2O2S. The average molecular weight is 419 g/mol. The highest BCUT2D eigenvalue weighted by molar-refractivity contribution is 7.10. The van der Waals surface area contributed by atoms with Crippen LogP contribution in [0.15, 0.2) is 78.2 Å². The third-order valence-electron chi connectivity index (χ3n) is 5.25. The molecule has 0 bridgehead atoms. The van der Waals surface area contributed by atoms with Crippen molar-refractivity contribution in [3.63, 3.8) is 0 Å². The molecule has 4 nitrogen and oxygen atoms in total. The molecule has 4 rings (SSSR count). The lowest BCUT2D eigenvalue weighted by molar-refractivity contribution is -0.115. The molecule has 1 saturated heterocycles. The topological polar surface area (TPSA) is 41.6 Å². The largest absolute Gasteiger partial charge is 0.379 e. The number of morpholine rings is 1. The van der Waals surface area contributed by atoms with Gasteiger partial charge in [0.05, 0.1) is 19.3 Å². The zero-order valence-electron chi connectivity index (χ0n) is 16.9. The van der Waals surface area contributed by atoms with Crippen LogP contribution >= 0.6 is 11.3 Å². The van der Waals surface area contributed by atoms with Gasteiger partial charge in [-0.05, 0) is 28.6 Å². The van der Waals surface area contributed by atoms with Gasteiger partial charge < -0.3 is 10.1 Å². The van der Waals surface area contributed by atoms with Crippen LogP contribution in [0.4, 0.5) is 0 Å². The molecule has 1 amide bonds. The van der Waals surface area contributed by atoms with Gasteiger partial charge in [0.2, 0.25) is 0 Å². The van der Waals surface area contributed by atoms with E-state index < -0.39 is 0 Å². The number of amides is 1. The number of hydrogen-bond donors (Lipinski definition) is 1. The second-order valence-corrected chi connectivity index (χ2v) is 8.20. The van der Waals surface area contributed by atoms with E-state index in [1.165, 1.54) is 4.88 Å². The second-order valence-electron chi connectivity index (χ2n) is 7.22. The van der Waals surface area contributed by atoms with E-state index in [0.717, 1.165) is 37.4 Å². The fourth-order valence-corrected chi connectivity index (χ4v) is 4.54. The number of carbonyl (C=O) groups excluding carboxylic acids is 1. The van der Waals surface area contributed by atoms with Crippen molar-refractivity contribution >= 4 is 28.9 Å². The summed E-state index contributed by atoms with van der Waals surface area (Å²) in [6, 6.07) is 24.2. The van der Waals surface area contributed by atoms with Gasteiger partial charge in [0.15, 0.2) is 0 Å². The van der Waals surface area contributed by atoms with Crippen LogP contribution in [-0.2, 0) is 9.53 Å². The molecule has 1 unspecified atom stereocenters. The highest BCUT2D eigenvalue weighted by Crippen LogP contribution is 2.26. The van der Waals surface area contributed by atoms with Gasteiger partial charge in [-0.25, -0.2) is 0 Å². The lowest BCUT2D eigenvalue weighted by Gasteiger charge is -2.34. The smallest absolute Gasteiger partial charge is 0.251 e. The first kappa shape index (κ1) is 20.5. The molecule has 1 aromatic heterocycles. The molecule has 1 N–H and O–H groups in total. The Balaban J connectivity index is 1.55. The van der Waals surface area contributed by atoms with Crippen LogP contribution in [0.5, 0.6) is 0 Å². The van der Waals surface area contributed by atoms with Gasteiger partial charge in [-0.1, -0.05) is 66.7 Å². The van der Waals surface area contributed by atoms with Crippen molar-refractivity contribution in [3.8, 4) is 0 Å². The van der Waals surface area contributed by atoms with E-state index in [-0.39, 0.29) is 11.9 Å². The van der Waals surface area contributed by atoms with E-state index in [1.807, 2.05) is 66.7 Å². The maximum atomic E-state index is 13.3. The van der Waals surface area contributed by atoms with Gasteiger partial charge in [-0.2, -0.15) is 0 Å². The fraction of sp³-hybridized carbons (Fsp3) is 0.240. The molecule has 0 aliphatic carbocycles. The summed E-state index contributed by atoms with van der Waals surface area (Å²) in [6.07, 6.45) is 1.96. The van der Waals surface area contributed by atoms with Gasteiger partial charge in [0, 0.05) is 30.1 Å². The molecule has 3 aromatic rings. The first-order valence-electron chi connectivity index (χ1n) is 10.3. The number of ether oxygens (including phenoxy) is 1. The summed E-state index contributed by atoms with van der Waals surface area (Å²) in [5.41, 5.74) is 2.60. The van der Waals surface area contributed by atoms with Gasteiger partial charge in [0.25, 0.3) is 5.91 Å². The third-order valence-corrected chi connectivity index (χ3v) is 6.23. The molecule has 1 aliphatic rings. The predicted molar refractivity (Wildman–Crippen MR) is 123 cm³/mol. The lowest BCUT2D eigenvalue weighted by Crippen LogP contribution is -2.43. The average Bonchev–Trinajstić information content (AvgIpc) is 3.34. The number of benzene rings is 2.